The van der Waals surface area contributed by atoms with E-state index >= 15 is 0 Å². The Morgan fingerprint density at radius 1 is 0.356 bits per heavy atom. The van der Waals surface area contributed by atoms with Crippen molar-refractivity contribution >= 4 is 71.1 Å². The van der Waals surface area contributed by atoms with E-state index in [1.165, 1.54) is 32.6 Å². The highest BCUT2D eigenvalue weighted by Gasteiger charge is 2.52. The lowest BCUT2D eigenvalue weighted by molar-refractivity contribution is 0.436. The maximum absolute atomic E-state index is 7.80. The molecule has 1 spiro atoms. The molecule has 0 amide bonds. The van der Waals surface area contributed by atoms with Crippen LogP contribution < -0.4 is 4.74 Å². The van der Waals surface area contributed by atoms with Crippen LogP contribution in [0.15, 0.2) is 231 Å². The van der Waals surface area contributed by atoms with Gasteiger partial charge in [-0.1, -0.05) is 103 Å². The fourth-order valence-corrected chi connectivity index (χ4v) is 12.6. The van der Waals surface area contributed by atoms with E-state index in [2.05, 4.69) is 213 Å². The molecule has 14 aromatic rings. The number of benzene rings is 9. The molecule has 2 aliphatic rings. The van der Waals surface area contributed by atoms with E-state index in [4.69, 9.17) is 21.3 Å². The van der Waals surface area contributed by atoms with Crippen molar-refractivity contribution in [2.45, 2.75) is 5.41 Å². The molecular weight excluding hydrogens is 893 g/mol. The van der Waals surface area contributed by atoms with Gasteiger partial charge in [0.25, 0.3) is 0 Å². The quantitative estimate of drug-likeness (QED) is 0.165. The molecule has 338 valence electrons. The summed E-state index contributed by atoms with van der Waals surface area (Å²) in [6.07, 6.45) is 3.73. The molecule has 7 nitrogen and oxygen atoms in total. The zero-order valence-electron chi connectivity index (χ0n) is 39.0. The summed E-state index contributed by atoms with van der Waals surface area (Å²) < 4.78 is 14.1. The Bertz CT molecular complexity index is 4640. The number of hydrogen-bond donors (Lipinski definition) is 0. The third-order valence-electron chi connectivity index (χ3n) is 15.6. The Kier molecular flexibility index (Phi) is 8.04. The number of nitrogens with zero attached hydrogens (tertiary/aromatic N) is 6. The predicted molar refractivity (Wildman–Crippen MR) is 294 cm³/mol. The van der Waals surface area contributed by atoms with E-state index in [0.717, 1.165) is 106 Å². The second kappa shape index (κ2) is 14.8. The topological polar surface area (TPSA) is 54.2 Å². The van der Waals surface area contributed by atoms with Crippen LogP contribution in [0.5, 0.6) is 11.5 Å². The molecule has 9 aromatic carbocycles. The van der Waals surface area contributed by atoms with Crippen molar-refractivity contribution in [3.63, 3.8) is 0 Å². The molecule has 16 rings (SSSR count). The molecule has 73 heavy (non-hydrogen) atoms. The largest absolute Gasteiger partial charge is 0.457 e. The van der Waals surface area contributed by atoms with Gasteiger partial charge in [0.05, 0.1) is 56.5 Å². The van der Waals surface area contributed by atoms with E-state index in [1.807, 2.05) is 36.7 Å². The Morgan fingerprint density at radius 2 is 0.781 bits per heavy atom. The van der Waals surface area contributed by atoms with Gasteiger partial charge in [-0.25, -0.2) is 4.85 Å². The van der Waals surface area contributed by atoms with E-state index in [9.17, 15) is 0 Å². The van der Waals surface area contributed by atoms with Gasteiger partial charge >= 0.3 is 0 Å². The number of pyridine rings is 2. The molecule has 1 aliphatic carbocycles. The van der Waals surface area contributed by atoms with Crippen molar-refractivity contribution < 1.29 is 4.74 Å². The Balaban J connectivity index is 0.871. The van der Waals surface area contributed by atoms with Crippen molar-refractivity contribution in [3.05, 3.63) is 264 Å². The molecule has 0 atom stereocenters. The van der Waals surface area contributed by atoms with Gasteiger partial charge in [0.15, 0.2) is 5.69 Å². The summed E-state index contributed by atoms with van der Waals surface area (Å²) in [5.41, 5.74) is 17.9. The summed E-state index contributed by atoms with van der Waals surface area (Å²) in [6.45, 7) is 7.80. The minimum Gasteiger partial charge on any atom is -0.457 e. The van der Waals surface area contributed by atoms with Crippen LogP contribution in [0.25, 0.3) is 110 Å². The highest BCUT2D eigenvalue weighted by Crippen LogP contribution is 2.62. The molecule has 5 aromatic heterocycles. The summed E-state index contributed by atoms with van der Waals surface area (Å²) in [4.78, 5) is 13.9. The van der Waals surface area contributed by atoms with Crippen LogP contribution >= 0.6 is 0 Å². The fraction of sp³-hybridized carbons (Fsp3) is 0.0152. The zero-order chi connectivity index (χ0) is 47.9. The normalized spacial score (nSPS) is 13.1. The first-order chi connectivity index (χ1) is 36.2. The van der Waals surface area contributed by atoms with Crippen LogP contribution in [0.2, 0.25) is 0 Å². The lowest BCUT2D eigenvalue weighted by Gasteiger charge is -2.39. The van der Waals surface area contributed by atoms with Gasteiger partial charge in [-0.3, -0.25) is 9.97 Å². The monoisotopic (exact) mass is 930 g/mol. The second-order valence-electron chi connectivity index (χ2n) is 19.2. The molecule has 0 saturated carbocycles. The first kappa shape index (κ1) is 39.8. The highest BCUT2D eigenvalue weighted by atomic mass is 16.5. The third-order valence-corrected chi connectivity index (χ3v) is 15.6. The molecule has 6 heterocycles. The minimum absolute atomic E-state index is 0.617. The highest BCUT2D eigenvalue weighted by molar-refractivity contribution is 6.12. The Morgan fingerprint density at radius 3 is 1.34 bits per heavy atom. The van der Waals surface area contributed by atoms with Crippen LogP contribution in [0.1, 0.15) is 22.3 Å². The smallest absolute Gasteiger partial charge is 0.188 e. The lowest BCUT2D eigenvalue weighted by atomic mass is 9.66. The third kappa shape index (κ3) is 5.36. The predicted octanol–water partition coefficient (Wildman–Crippen LogP) is 16.5. The molecule has 0 saturated heterocycles. The van der Waals surface area contributed by atoms with Crippen molar-refractivity contribution in [1.29, 1.82) is 0 Å². The number of para-hydroxylation sites is 4. The van der Waals surface area contributed by atoms with Crippen LogP contribution in [0, 0.1) is 6.57 Å². The molecular formula is C66H38N6O. The van der Waals surface area contributed by atoms with Crippen LogP contribution in [0.3, 0.4) is 0 Å². The fourth-order valence-electron chi connectivity index (χ4n) is 12.6. The molecule has 0 fully saturated rings. The van der Waals surface area contributed by atoms with E-state index in [-0.39, 0.29) is 0 Å². The van der Waals surface area contributed by atoms with Gasteiger partial charge in [0.1, 0.15) is 11.5 Å². The number of hydrogen-bond acceptors (Lipinski definition) is 3. The molecule has 7 heteroatoms. The molecule has 0 bridgehead atoms. The van der Waals surface area contributed by atoms with Crippen LogP contribution in [-0.2, 0) is 5.41 Å². The van der Waals surface area contributed by atoms with Crippen molar-refractivity contribution in [2.24, 2.45) is 0 Å². The summed E-state index contributed by atoms with van der Waals surface area (Å²) in [5, 5.41) is 7.01. The van der Waals surface area contributed by atoms with Crippen LogP contribution in [-0.4, -0.2) is 23.7 Å². The summed E-state index contributed by atoms with van der Waals surface area (Å²) >= 11 is 0. The van der Waals surface area contributed by atoms with Gasteiger partial charge in [-0.15, -0.1) is 0 Å². The van der Waals surface area contributed by atoms with Gasteiger partial charge in [-0.05, 0) is 143 Å². The van der Waals surface area contributed by atoms with Crippen molar-refractivity contribution in [1.82, 2.24) is 23.7 Å². The van der Waals surface area contributed by atoms with Crippen molar-refractivity contribution in [3.8, 4) is 51.1 Å². The standard InChI is InChI=1S/C66H38N6O/c1-67-42-24-31-61-51(38-42)49-15-5-9-21-59(49)72(61)45-29-33-63-55(39-45)66(52-16-10-34-68-64(52)65-53(66)17-11-35-69-65)54-37-41(23-32-62(54)73-63)40-22-30-60-50(36-40)48-14-4-8-20-58(48)71(60)44-27-25-43(26-28-44)70-56-18-6-2-12-46(56)47-13-3-7-19-57(47)70/h2-39H. The second-order valence-corrected chi connectivity index (χ2v) is 19.2. The maximum atomic E-state index is 7.80. The summed E-state index contributed by atoms with van der Waals surface area (Å²) in [7, 11) is 0. The lowest BCUT2D eigenvalue weighted by Crippen LogP contribution is -2.32. The molecule has 1 aliphatic heterocycles. The molecule has 0 N–H and O–H groups in total. The SMILES string of the molecule is [C-]#[N+]c1ccc2c(c1)c1ccccc1n2-c1ccc2c(c1)C1(c3cc(-c4ccc5c(c4)c4ccccc4n5-c4ccc(-n5c6ccccc6c6ccccc65)cc4)ccc3O2)c2cccnc2-c2ncccc21. The van der Waals surface area contributed by atoms with Crippen LogP contribution in [0.4, 0.5) is 5.69 Å². The first-order valence-electron chi connectivity index (χ1n) is 24.6. The van der Waals surface area contributed by atoms with E-state index in [0.29, 0.717) is 5.69 Å². The number of aromatic nitrogens is 5. The average Bonchev–Trinajstić information content (AvgIpc) is 4.17. The minimum atomic E-state index is -0.816. The molecule has 0 radical (unpaired) electrons. The van der Waals surface area contributed by atoms with E-state index < -0.39 is 5.41 Å². The zero-order valence-corrected chi connectivity index (χ0v) is 39.0. The number of ether oxygens (including phenoxy) is 1. The van der Waals surface area contributed by atoms with Gasteiger partial charge < -0.3 is 18.4 Å². The number of fused-ring (bicyclic) bond motifs is 18. The Hall–Kier alpha value is -10.0. The summed E-state index contributed by atoms with van der Waals surface area (Å²) in [6, 6.07) is 78.1. The van der Waals surface area contributed by atoms with Gasteiger partial charge in [0.2, 0.25) is 0 Å². The Labute approximate surface area is 418 Å². The molecule has 0 unspecified atom stereocenters. The summed E-state index contributed by atoms with van der Waals surface area (Å²) in [5.74, 6) is 1.57. The number of rotatable bonds is 4. The van der Waals surface area contributed by atoms with E-state index in [1.54, 1.807) is 0 Å². The van der Waals surface area contributed by atoms with Crippen molar-refractivity contribution in [2.75, 3.05) is 0 Å². The van der Waals surface area contributed by atoms with Gasteiger partial charge in [0, 0.05) is 67.5 Å². The first-order valence-corrected chi connectivity index (χ1v) is 24.6. The van der Waals surface area contributed by atoms with Gasteiger partial charge in [-0.2, -0.15) is 0 Å². The average molecular weight is 931 g/mol. The maximum Gasteiger partial charge on any atom is 0.188 e.